The molecule has 0 heterocycles. The standard InChI is InChI=1S/C15H16ClNO/c1-8-5-9(16)6-13-10-3-2-4-11(15(17)18)14(10)7-12(8)13/h5-6,11H,2-4,7H2,1H3,(H2,17,18)/i3D2,4D2,11D. The Hall–Kier alpha value is -1.28. The molecule has 0 saturated carbocycles. The van der Waals surface area contributed by atoms with E-state index in [2.05, 4.69) is 0 Å². The van der Waals surface area contributed by atoms with Crippen LogP contribution in [0.25, 0.3) is 5.57 Å². The van der Waals surface area contributed by atoms with Crippen LogP contribution in [-0.4, -0.2) is 5.91 Å². The van der Waals surface area contributed by atoms with Gasteiger partial charge in [-0.2, -0.15) is 0 Å². The van der Waals surface area contributed by atoms with Crippen molar-refractivity contribution in [2.75, 3.05) is 0 Å². The molecule has 2 N–H and O–H groups in total. The number of nitrogens with two attached hydrogens (primary N) is 1. The van der Waals surface area contributed by atoms with E-state index in [1.165, 1.54) is 0 Å². The Morgan fingerprint density at radius 1 is 1.61 bits per heavy atom. The van der Waals surface area contributed by atoms with Gasteiger partial charge in [0.25, 0.3) is 0 Å². The molecule has 94 valence electrons. The van der Waals surface area contributed by atoms with Gasteiger partial charge in [-0.25, -0.2) is 0 Å². The minimum atomic E-state index is -2.39. The Morgan fingerprint density at radius 3 is 3.11 bits per heavy atom. The van der Waals surface area contributed by atoms with E-state index in [1.54, 1.807) is 12.1 Å². The van der Waals surface area contributed by atoms with Gasteiger partial charge in [-0.1, -0.05) is 11.6 Å². The largest absolute Gasteiger partial charge is 0.369 e. The van der Waals surface area contributed by atoms with Gasteiger partial charge in [-0.3, -0.25) is 4.79 Å². The molecule has 1 amide bonds. The third-order valence-electron chi connectivity index (χ3n) is 3.44. The molecule has 1 aromatic carbocycles. The Labute approximate surface area is 119 Å². The number of hydrogen-bond donors (Lipinski definition) is 1. The van der Waals surface area contributed by atoms with Crippen LogP contribution in [0.3, 0.4) is 0 Å². The zero-order chi connectivity index (χ0) is 17.4. The van der Waals surface area contributed by atoms with Crippen LogP contribution in [0.5, 0.6) is 0 Å². The van der Waals surface area contributed by atoms with Crippen molar-refractivity contribution in [1.82, 2.24) is 0 Å². The van der Waals surface area contributed by atoms with Gasteiger partial charge >= 0.3 is 0 Å². The average Bonchev–Trinajstić information content (AvgIpc) is 2.75. The highest BCUT2D eigenvalue weighted by Gasteiger charge is 2.33. The number of hydrogen-bond acceptors (Lipinski definition) is 1. The smallest absolute Gasteiger partial charge is 0.224 e. The van der Waals surface area contributed by atoms with Gasteiger partial charge < -0.3 is 5.73 Å². The number of fused-ring (bicyclic) bond motifs is 2. The van der Waals surface area contributed by atoms with Crippen LogP contribution in [-0.2, 0) is 11.2 Å². The number of halogens is 1. The second-order valence-corrected chi connectivity index (χ2v) is 4.99. The lowest BCUT2D eigenvalue weighted by atomic mass is 9.82. The maximum atomic E-state index is 12.0. The third kappa shape index (κ3) is 1.67. The van der Waals surface area contributed by atoms with Crippen LogP contribution >= 0.6 is 11.6 Å². The molecule has 2 nitrogen and oxygen atoms in total. The highest BCUT2D eigenvalue weighted by atomic mass is 35.5. The fraction of sp³-hybridized carbons (Fsp3) is 0.400. The number of primary amides is 1. The van der Waals surface area contributed by atoms with E-state index in [4.69, 9.17) is 24.2 Å². The first-order valence-electron chi connectivity index (χ1n) is 8.25. The Morgan fingerprint density at radius 2 is 2.39 bits per heavy atom. The molecule has 18 heavy (non-hydrogen) atoms. The number of amides is 1. The van der Waals surface area contributed by atoms with Crippen LogP contribution in [0.15, 0.2) is 17.7 Å². The van der Waals surface area contributed by atoms with E-state index < -0.39 is 31.0 Å². The summed E-state index contributed by atoms with van der Waals surface area (Å²) >= 11 is 6.08. The molecule has 0 aromatic heterocycles. The molecule has 0 saturated heterocycles. The molecule has 0 radical (unpaired) electrons. The SMILES string of the molecule is [2H]C1([2H])CC([2H])([2H])C([2H])(C(N)=O)C2=C1c1cc(Cl)cc(C)c1C2. The van der Waals surface area contributed by atoms with Gasteiger partial charge in [0.15, 0.2) is 0 Å². The number of benzene rings is 1. The summed E-state index contributed by atoms with van der Waals surface area (Å²) in [5, 5.41) is 0.439. The first-order chi connectivity index (χ1) is 10.4. The zero-order valence-electron chi connectivity index (χ0n) is 14.9. The van der Waals surface area contributed by atoms with Gasteiger partial charge in [0, 0.05) is 11.9 Å². The van der Waals surface area contributed by atoms with E-state index in [9.17, 15) is 4.79 Å². The summed E-state index contributed by atoms with van der Waals surface area (Å²) in [5.74, 6) is -3.38. The van der Waals surface area contributed by atoms with Gasteiger partial charge in [-0.15, -0.1) is 0 Å². The minimum Gasteiger partial charge on any atom is -0.369 e. The molecule has 1 unspecified atom stereocenters. The normalized spacial score (nSPS) is 35.6. The lowest BCUT2D eigenvalue weighted by Crippen LogP contribution is -2.27. The fourth-order valence-electron chi connectivity index (χ4n) is 2.64. The lowest BCUT2D eigenvalue weighted by Gasteiger charge is -2.22. The van der Waals surface area contributed by atoms with Gasteiger partial charge in [0.2, 0.25) is 5.91 Å². The summed E-state index contributed by atoms with van der Waals surface area (Å²) in [5.41, 5.74) is 7.85. The number of aryl methyl sites for hydroxylation is 1. The molecule has 0 spiro atoms. The summed E-state index contributed by atoms with van der Waals surface area (Å²) in [6.07, 6.45) is -4.85. The maximum absolute atomic E-state index is 12.0. The van der Waals surface area contributed by atoms with Crippen molar-refractivity contribution in [3.8, 4) is 0 Å². The molecule has 2 aliphatic carbocycles. The van der Waals surface area contributed by atoms with Crippen molar-refractivity contribution >= 4 is 23.1 Å². The monoisotopic (exact) mass is 266 g/mol. The molecule has 1 aromatic rings. The summed E-state index contributed by atoms with van der Waals surface area (Å²) in [6.45, 7) is 1.82. The van der Waals surface area contributed by atoms with Crippen LogP contribution in [0, 0.1) is 12.8 Å². The van der Waals surface area contributed by atoms with E-state index in [1.807, 2.05) is 6.92 Å². The first-order valence-corrected chi connectivity index (χ1v) is 6.13. The molecule has 2 aliphatic rings. The Bertz CT molecular complexity index is 773. The predicted octanol–water partition coefficient (Wildman–Crippen LogP) is 3.24. The fourth-order valence-corrected chi connectivity index (χ4v) is 2.91. The predicted molar refractivity (Wildman–Crippen MR) is 73.3 cm³/mol. The first kappa shape index (κ1) is 7.34. The van der Waals surface area contributed by atoms with Gasteiger partial charge in [-0.05, 0) is 72.5 Å². The van der Waals surface area contributed by atoms with E-state index in [0.717, 1.165) is 11.1 Å². The highest BCUT2D eigenvalue weighted by Crippen LogP contribution is 2.45. The lowest BCUT2D eigenvalue weighted by molar-refractivity contribution is -0.121. The number of carbonyl (C=O) groups excluding carboxylic acids is 1. The summed E-state index contributed by atoms with van der Waals surface area (Å²) in [7, 11) is 0. The quantitative estimate of drug-likeness (QED) is 0.833. The molecule has 3 heteroatoms. The molecule has 0 fully saturated rings. The summed E-state index contributed by atoms with van der Waals surface area (Å²) < 4.78 is 41.3. The van der Waals surface area contributed by atoms with Crippen LogP contribution < -0.4 is 5.73 Å². The second kappa shape index (κ2) is 4.13. The number of carbonyl (C=O) groups is 1. The van der Waals surface area contributed by atoms with Crippen molar-refractivity contribution in [2.45, 2.75) is 32.5 Å². The molecular weight excluding hydrogens is 246 g/mol. The average molecular weight is 267 g/mol. The molecular formula is C15H16ClNO. The van der Waals surface area contributed by atoms with Crippen molar-refractivity contribution in [2.24, 2.45) is 11.6 Å². The van der Waals surface area contributed by atoms with Crippen LogP contribution in [0.2, 0.25) is 5.02 Å². The minimum absolute atomic E-state index is 0.117. The topological polar surface area (TPSA) is 43.1 Å². The summed E-state index contributed by atoms with van der Waals surface area (Å²) in [6, 6.07) is 3.35. The van der Waals surface area contributed by atoms with Crippen molar-refractivity contribution in [3.05, 3.63) is 39.4 Å². The van der Waals surface area contributed by atoms with Crippen molar-refractivity contribution in [3.63, 3.8) is 0 Å². The van der Waals surface area contributed by atoms with E-state index in [0.29, 0.717) is 10.6 Å². The van der Waals surface area contributed by atoms with Gasteiger partial charge in [0.1, 0.15) is 0 Å². The maximum Gasteiger partial charge on any atom is 0.224 e. The Kier molecular flexibility index (Phi) is 1.68. The summed E-state index contributed by atoms with van der Waals surface area (Å²) in [4.78, 5) is 12.0. The van der Waals surface area contributed by atoms with Crippen LogP contribution in [0.4, 0.5) is 0 Å². The number of rotatable bonds is 1. The van der Waals surface area contributed by atoms with Gasteiger partial charge in [0.05, 0.1) is 5.89 Å². The van der Waals surface area contributed by atoms with Crippen molar-refractivity contribution < 1.29 is 11.6 Å². The molecule has 1 atom stereocenters. The highest BCUT2D eigenvalue weighted by molar-refractivity contribution is 6.30. The van der Waals surface area contributed by atoms with E-state index in [-0.39, 0.29) is 17.6 Å². The molecule has 0 aliphatic heterocycles. The second-order valence-electron chi connectivity index (χ2n) is 4.55. The van der Waals surface area contributed by atoms with Crippen LogP contribution in [0.1, 0.15) is 42.7 Å². The third-order valence-corrected chi connectivity index (χ3v) is 3.66. The molecule has 3 rings (SSSR count). The number of allylic oxidation sites excluding steroid dienone is 1. The zero-order valence-corrected chi connectivity index (χ0v) is 10.7. The Balaban J connectivity index is 2.36. The molecule has 0 bridgehead atoms. The van der Waals surface area contributed by atoms with Crippen molar-refractivity contribution in [1.29, 1.82) is 0 Å². The van der Waals surface area contributed by atoms with E-state index >= 15 is 0 Å².